The van der Waals surface area contributed by atoms with Gasteiger partial charge in [-0.25, -0.2) is 4.79 Å². The Morgan fingerprint density at radius 3 is 2.80 bits per heavy atom. The van der Waals surface area contributed by atoms with Crippen molar-refractivity contribution in [1.82, 2.24) is 0 Å². The number of hydrogen-bond acceptors (Lipinski definition) is 5. The monoisotopic (exact) mass is 273 g/mol. The molecule has 0 radical (unpaired) electrons. The maximum absolute atomic E-state index is 12.0. The lowest BCUT2D eigenvalue weighted by atomic mass is 9.98. The second kappa shape index (κ2) is 4.03. The molecule has 1 aromatic carbocycles. The fourth-order valence-electron chi connectivity index (χ4n) is 2.56. The number of fused-ring (bicyclic) bond motifs is 1. The molecule has 20 heavy (non-hydrogen) atoms. The molecule has 0 amide bonds. The summed E-state index contributed by atoms with van der Waals surface area (Å²) in [6.45, 7) is 5.08. The maximum Gasteiger partial charge on any atom is 0.349 e. The highest BCUT2D eigenvalue weighted by Gasteiger charge is 2.49. The first-order valence-corrected chi connectivity index (χ1v) is 6.31. The van der Waals surface area contributed by atoms with Gasteiger partial charge in [-0.05, 0) is 38.5 Å². The Morgan fingerprint density at radius 2 is 2.10 bits per heavy atom. The number of aliphatic hydroxyl groups excluding tert-OH is 1. The van der Waals surface area contributed by atoms with Gasteiger partial charge in [0.1, 0.15) is 22.8 Å². The molecule has 5 heteroatoms. The first-order valence-electron chi connectivity index (χ1n) is 6.31. The Labute approximate surface area is 116 Å². The van der Waals surface area contributed by atoms with E-state index >= 15 is 0 Å². The van der Waals surface area contributed by atoms with Crippen molar-refractivity contribution < 1.29 is 19.4 Å². The van der Waals surface area contributed by atoms with E-state index in [4.69, 9.17) is 9.47 Å². The van der Waals surface area contributed by atoms with Gasteiger partial charge in [-0.1, -0.05) is 6.07 Å². The number of carbonyl (C=O) groups excluding carboxylic acids is 1. The van der Waals surface area contributed by atoms with Gasteiger partial charge in [-0.2, -0.15) is 0 Å². The highest BCUT2D eigenvalue weighted by atomic mass is 16.6. The lowest BCUT2D eigenvalue weighted by Crippen LogP contribution is -2.47. The number of carbonyl (C=O) groups is 1. The van der Waals surface area contributed by atoms with E-state index in [0.717, 1.165) is 11.3 Å². The van der Waals surface area contributed by atoms with Crippen molar-refractivity contribution in [3.8, 4) is 5.75 Å². The summed E-state index contributed by atoms with van der Waals surface area (Å²) in [5.41, 5.74) is 0.718. The van der Waals surface area contributed by atoms with E-state index in [9.17, 15) is 9.90 Å². The molecule has 1 atom stereocenters. The van der Waals surface area contributed by atoms with Gasteiger partial charge in [0.15, 0.2) is 0 Å². The van der Waals surface area contributed by atoms with Gasteiger partial charge in [-0.15, -0.1) is 0 Å². The molecule has 104 valence electrons. The van der Waals surface area contributed by atoms with E-state index in [1.54, 1.807) is 13.0 Å². The van der Waals surface area contributed by atoms with Crippen LogP contribution in [0.2, 0.25) is 0 Å². The zero-order valence-electron chi connectivity index (χ0n) is 11.5. The molecular weight excluding hydrogens is 258 g/mol. The summed E-state index contributed by atoms with van der Waals surface area (Å²) in [7, 11) is 0. The first kappa shape index (κ1) is 12.6. The number of allylic oxidation sites excluding steroid dienone is 2. The van der Waals surface area contributed by atoms with Crippen LogP contribution in [0, 0.1) is 6.92 Å². The lowest BCUT2D eigenvalue weighted by Gasteiger charge is -2.31. The van der Waals surface area contributed by atoms with Crippen molar-refractivity contribution in [2.45, 2.75) is 26.5 Å². The van der Waals surface area contributed by atoms with Crippen LogP contribution < -0.4 is 10.1 Å². The molecule has 0 saturated heterocycles. The summed E-state index contributed by atoms with van der Waals surface area (Å²) >= 11 is 0. The molecule has 0 aromatic heterocycles. The minimum Gasteiger partial charge on any atom is -0.512 e. The fourth-order valence-corrected chi connectivity index (χ4v) is 2.56. The number of ether oxygens (including phenoxy) is 2. The molecule has 2 N–H and O–H groups in total. The highest BCUT2D eigenvalue weighted by Crippen LogP contribution is 2.44. The molecule has 2 aliphatic heterocycles. The standard InChI is InChI=1S/C15H15NO4/c1-8-4-5-12-11(6-8)16-15(20-12)7-9(2)19-14(18)13(15)10(3)17/h4-7,16-17H,1-3H3/b13-10+. The van der Waals surface area contributed by atoms with Gasteiger partial charge in [0.05, 0.1) is 5.69 Å². The minimum absolute atomic E-state index is 0.0666. The van der Waals surface area contributed by atoms with Crippen molar-refractivity contribution in [3.05, 3.63) is 46.9 Å². The Hall–Kier alpha value is -2.43. The van der Waals surface area contributed by atoms with Crippen LogP contribution >= 0.6 is 0 Å². The number of anilines is 1. The summed E-state index contributed by atoms with van der Waals surface area (Å²) in [6, 6.07) is 5.68. The molecule has 1 aromatic rings. The molecule has 3 rings (SSSR count). The zero-order valence-corrected chi connectivity index (χ0v) is 11.5. The van der Waals surface area contributed by atoms with Gasteiger partial charge < -0.3 is 19.9 Å². The van der Waals surface area contributed by atoms with Crippen molar-refractivity contribution in [3.63, 3.8) is 0 Å². The molecule has 2 aliphatic rings. The van der Waals surface area contributed by atoms with E-state index in [1.165, 1.54) is 6.92 Å². The van der Waals surface area contributed by atoms with E-state index in [0.29, 0.717) is 11.5 Å². The molecule has 2 heterocycles. The third-order valence-corrected chi connectivity index (χ3v) is 3.32. The van der Waals surface area contributed by atoms with E-state index in [2.05, 4.69) is 5.32 Å². The quantitative estimate of drug-likeness (QED) is 0.432. The molecule has 0 aliphatic carbocycles. The minimum atomic E-state index is -1.20. The smallest absolute Gasteiger partial charge is 0.349 e. The summed E-state index contributed by atoms with van der Waals surface area (Å²) in [5, 5.41) is 13.0. The Balaban J connectivity index is 2.15. The molecular formula is C15H15NO4. The topological polar surface area (TPSA) is 67.8 Å². The molecule has 1 spiro atoms. The first-order chi connectivity index (χ1) is 9.41. The molecule has 1 unspecified atom stereocenters. The normalized spacial score (nSPS) is 26.4. The number of rotatable bonds is 0. The number of hydrogen-bond donors (Lipinski definition) is 2. The Morgan fingerprint density at radius 1 is 1.35 bits per heavy atom. The van der Waals surface area contributed by atoms with Crippen molar-refractivity contribution in [1.29, 1.82) is 0 Å². The molecule has 0 saturated carbocycles. The average molecular weight is 273 g/mol. The lowest BCUT2D eigenvalue weighted by molar-refractivity contribution is -0.138. The van der Waals surface area contributed by atoms with Crippen LogP contribution in [0.15, 0.2) is 41.4 Å². The number of nitrogens with one attached hydrogen (secondary N) is 1. The van der Waals surface area contributed by atoms with E-state index < -0.39 is 11.7 Å². The van der Waals surface area contributed by atoms with E-state index in [1.807, 2.05) is 25.1 Å². The van der Waals surface area contributed by atoms with Gasteiger partial charge in [-0.3, -0.25) is 0 Å². The van der Waals surface area contributed by atoms with Crippen LogP contribution in [0.1, 0.15) is 19.4 Å². The summed E-state index contributed by atoms with van der Waals surface area (Å²) in [5.74, 6) is 0.322. The third kappa shape index (κ3) is 1.74. The molecule has 5 nitrogen and oxygen atoms in total. The van der Waals surface area contributed by atoms with Crippen LogP contribution in [0.4, 0.5) is 5.69 Å². The number of aryl methyl sites for hydroxylation is 1. The van der Waals surface area contributed by atoms with Crippen molar-refractivity contribution >= 4 is 11.7 Å². The second-order valence-corrected chi connectivity index (χ2v) is 5.07. The van der Waals surface area contributed by atoms with Crippen LogP contribution in [0.5, 0.6) is 5.75 Å². The Bertz CT molecular complexity index is 670. The number of aliphatic hydroxyl groups is 1. The largest absolute Gasteiger partial charge is 0.512 e. The van der Waals surface area contributed by atoms with Gasteiger partial charge >= 0.3 is 5.97 Å². The van der Waals surface area contributed by atoms with Crippen molar-refractivity contribution in [2.75, 3.05) is 5.32 Å². The number of cyclic esters (lactones) is 1. The average Bonchev–Trinajstić information content (AvgIpc) is 2.63. The second-order valence-electron chi connectivity index (χ2n) is 5.07. The summed E-state index contributed by atoms with van der Waals surface area (Å²) < 4.78 is 11.0. The molecule has 0 fully saturated rings. The van der Waals surface area contributed by atoms with Crippen LogP contribution in [0.3, 0.4) is 0 Å². The van der Waals surface area contributed by atoms with Gasteiger partial charge in [0.25, 0.3) is 0 Å². The highest BCUT2D eigenvalue weighted by molar-refractivity contribution is 5.95. The van der Waals surface area contributed by atoms with Crippen LogP contribution in [-0.2, 0) is 9.53 Å². The Kier molecular flexibility index (Phi) is 2.54. The van der Waals surface area contributed by atoms with Gasteiger partial charge in [0.2, 0.25) is 5.72 Å². The summed E-state index contributed by atoms with van der Waals surface area (Å²) in [6.07, 6.45) is 1.65. The number of benzene rings is 1. The van der Waals surface area contributed by atoms with E-state index in [-0.39, 0.29) is 11.3 Å². The van der Waals surface area contributed by atoms with Gasteiger partial charge in [0, 0.05) is 6.08 Å². The zero-order chi connectivity index (χ0) is 14.5. The van der Waals surface area contributed by atoms with Crippen LogP contribution in [-0.4, -0.2) is 16.8 Å². The predicted octanol–water partition coefficient (Wildman–Crippen LogP) is 2.79. The SMILES string of the molecule is CC1=CC2(Nc3cc(C)ccc3O2)/C(=C(\C)O)C(=O)O1. The van der Waals surface area contributed by atoms with Crippen LogP contribution in [0.25, 0.3) is 0 Å². The predicted molar refractivity (Wildman–Crippen MR) is 73.3 cm³/mol. The number of esters is 1. The maximum atomic E-state index is 12.0. The van der Waals surface area contributed by atoms with Crippen molar-refractivity contribution in [2.24, 2.45) is 0 Å². The fraction of sp³-hybridized carbons (Fsp3) is 0.267. The molecule has 0 bridgehead atoms. The third-order valence-electron chi connectivity index (χ3n) is 3.32. The summed E-state index contributed by atoms with van der Waals surface area (Å²) in [4.78, 5) is 12.0.